The normalized spacial score (nSPS) is 23.6. The zero-order valence-electron chi connectivity index (χ0n) is 13.7. The van der Waals surface area contributed by atoms with Crippen molar-refractivity contribution in [1.82, 2.24) is 10.2 Å². The SMILES string of the molecule is CCCC(C)N1C(=O)C(CC)(CC)NC(=O)C1CCC. The summed E-state index contributed by atoms with van der Waals surface area (Å²) in [6, 6.07) is -0.159. The van der Waals surface area contributed by atoms with Crippen molar-refractivity contribution in [1.29, 1.82) is 0 Å². The lowest BCUT2D eigenvalue weighted by Crippen LogP contribution is -2.71. The highest BCUT2D eigenvalue weighted by Crippen LogP contribution is 2.29. The van der Waals surface area contributed by atoms with Crippen molar-refractivity contribution in [2.75, 3.05) is 0 Å². The predicted molar refractivity (Wildman–Crippen MR) is 81.4 cm³/mol. The molecule has 1 saturated heterocycles. The lowest BCUT2D eigenvalue weighted by molar-refractivity contribution is -0.158. The first kappa shape index (κ1) is 17.0. The fourth-order valence-corrected chi connectivity index (χ4v) is 3.22. The smallest absolute Gasteiger partial charge is 0.249 e. The van der Waals surface area contributed by atoms with Gasteiger partial charge in [0.2, 0.25) is 11.8 Å². The number of carbonyl (C=O) groups excluding carboxylic acids is 2. The van der Waals surface area contributed by atoms with E-state index in [0.717, 1.165) is 25.7 Å². The van der Waals surface area contributed by atoms with E-state index in [1.165, 1.54) is 0 Å². The Morgan fingerprint density at radius 2 is 1.75 bits per heavy atom. The van der Waals surface area contributed by atoms with Crippen molar-refractivity contribution < 1.29 is 9.59 Å². The molecular weight excluding hydrogens is 252 g/mol. The zero-order valence-corrected chi connectivity index (χ0v) is 13.7. The van der Waals surface area contributed by atoms with Crippen LogP contribution in [0.25, 0.3) is 0 Å². The molecule has 1 aliphatic rings. The number of hydrogen-bond acceptors (Lipinski definition) is 2. The third-order valence-electron chi connectivity index (χ3n) is 4.60. The van der Waals surface area contributed by atoms with Crippen LogP contribution in [0, 0.1) is 0 Å². The van der Waals surface area contributed by atoms with E-state index in [1.807, 2.05) is 18.7 Å². The van der Waals surface area contributed by atoms with Crippen LogP contribution in [0.1, 0.15) is 73.1 Å². The maximum Gasteiger partial charge on any atom is 0.249 e. The maximum absolute atomic E-state index is 13.0. The number of nitrogens with zero attached hydrogens (tertiary/aromatic N) is 1. The van der Waals surface area contributed by atoms with E-state index in [9.17, 15) is 9.59 Å². The number of nitrogens with one attached hydrogen (secondary N) is 1. The zero-order chi connectivity index (χ0) is 15.3. The molecule has 4 nitrogen and oxygen atoms in total. The van der Waals surface area contributed by atoms with E-state index in [1.54, 1.807) is 0 Å². The average Bonchev–Trinajstić information content (AvgIpc) is 2.43. The van der Waals surface area contributed by atoms with Crippen molar-refractivity contribution in [2.24, 2.45) is 0 Å². The molecule has 1 N–H and O–H groups in total. The van der Waals surface area contributed by atoms with Crippen molar-refractivity contribution in [3.63, 3.8) is 0 Å². The van der Waals surface area contributed by atoms with Crippen LogP contribution >= 0.6 is 0 Å². The Bertz CT molecular complexity index is 350. The third kappa shape index (κ3) is 2.99. The monoisotopic (exact) mass is 282 g/mol. The highest BCUT2D eigenvalue weighted by atomic mass is 16.2. The Labute approximate surface area is 123 Å². The van der Waals surface area contributed by atoms with Gasteiger partial charge in [-0.05, 0) is 32.6 Å². The molecule has 0 bridgehead atoms. The number of rotatable bonds is 7. The van der Waals surface area contributed by atoms with Gasteiger partial charge >= 0.3 is 0 Å². The summed E-state index contributed by atoms with van der Waals surface area (Å²) in [4.78, 5) is 27.3. The van der Waals surface area contributed by atoms with Crippen LogP contribution in [0.4, 0.5) is 0 Å². The third-order valence-corrected chi connectivity index (χ3v) is 4.60. The highest BCUT2D eigenvalue weighted by Gasteiger charge is 2.49. The fourth-order valence-electron chi connectivity index (χ4n) is 3.22. The lowest BCUT2D eigenvalue weighted by atomic mass is 9.85. The number of hydrogen-bond donors (Lipinski definition) is 1. The van der Waals surface area contributed by atoms with Crippen molar-refractivity contribution in [3.8, 4) is 0 Å². The molecule has 1 rings (SSSR count). The minimum Gasteiger partial charge on any atom is -0.340 e. The summed E-state index contributed by atoms with van der Waals surface area (Å²) in [5, 5.41) is 3.01. The Balaban J connectivity index is 3.13. The van der Waals surface area contributed by atoms with Crippen molar-refractivity contribution in [3.05, 3.63) is 0 Å². The van der Waals surface area contributed by atoms with Crippen LogP contribution in [-0.4, -0.2) is 34.3 Å². The number of amides is 2. The van der Waals surface area contributed by atoms with E-state index in [4.69, 9.17) is 0 Å². The molecule has 1 heterocycles. The summed E-state index contributed by atoms with van der Waals surface area (Å²) >= 11 is 0. The van der Waals surface area contributed by atoms with Crippen LogP contribution in [-0.2, 0) is 9.59 Å². The standard InChI is InChI=1S/C16H30N2O2/c1-6-10-12(5)18-13(11-7-2)14(19)17-16(8-3,9-4)15(18)20/h12-13H,6-11H2,1-5H3,(H,17,19). The molecule has 2 unspecified atom stereocenters. The van der Waals surface area contributed by atoms with Gasteiger partial charge in [-0.1, -0.05) is 40.5 Å². The molecule has 0 spiro atoms. The summed E-state index contributed by atoms with van der Waals surface area (Å²) in [6.07, 6.45) is 4.94. The second-order valence-electron chi connectivity index (χ2n) is 5.93. The van der Waals surface area contributed by atoms with Gasteiger partial charge in [-0.3, -0.25) is 9.59 Å². The van der Waals surface area contributed by atoms with Gasteiger partial charge in [-0.15, -0.1) is 0 Å². The molecule has 0 radical (unpaired) electrons. The molecule has 0 aromatic heterocycles. The molecule has 116 valence electrons. The van der Waals surface area contributed by atoms with E-state index in [0.29, 0.717) is 12.8 Å². The summed E-state index contributed by atoms with van der Waals surface area (Å²) in [5.41, 5.74) is -0.691. The molecule has 1 fully saturated rings. The first-order chi connectivity index (χ1) is 9.47. The number of carbonyl (C=O) groups is 2. The largest absolute Gasteiger partial charge is 0.340 e. The average molecular weight is 282 g/mol. The molecule has 2 amide bonds. The van der Waals surface area contributed by atoms with Crippen LogP contribution in [0.3, 0.4) is 0 Å². The van der Waals surface area contributed by atoms with E-state index < -0.39 is 5.54 Å². The summed E-state index contributed by atoms with van der Waals surface area (Å²) in [5.74, 6) is 0.139. The summed E-state index contributed by atoms with van der Waals surface area (Å²) in [7, 11) is 0. The second kappa shape index (κ2) is 7.09. The Morgan fingerprint density at radius 3 is 2.20 bits per heavy atom. The molecular formula is C16H30N2O2. The Morgan fingerprint density at radius 1 is 1.15 bits per heavy atom. The first-order valence-corrected chi connectivity index (χ1v) is 8.12. The van der Waals surface area contributed by atoms with Crippen molar-refractivity contribution >= 4 is 11.8 Å². The van der Waals surface area contributed by atoms with Gasteiger partial charge in [0.15, 0.2) is 0 Å². The lowest BCUT2D eigenvalue weighted by Gasteiger charge is -2.48. The first-order valence-electron chi connectivity index (χ1n) is 8.12. The van der Waals surface area contributed by atoms with E-state index >= 15 is 0 Å². The summed E-state index contributed by atoms with van der Waals surface area (Å²) < 4.78 is 0. The predicted octanol–water partition coefficient (Wildman–Crippen LogP) is 2.86. The summed E-state index contributed by atoms with van der Waals surface area (Å²) in [6.45, 7) is 10.2. The molecule has 0 aliphatic carbocycles. The van der Waals surface area contributed by atoms with E-state index in [-0.39, 0.29) is 23.9 Å². The molecule has 0 aromatic rings. The van der Waals surface area contributed by atoms with Crippen molar-refractivity contribution in [2.45, 2.75) is 90.8 Å². The molecule has 2 atom stereocenters. The van der Waals surface area contributed by atoms with Gasteiger partial charge in [-0.2, -0.15) is 0 Å². The molecule has 1 aliphatic heterocycles. The topological polar surface area (TPSA) is 49.4 Å². The van der Waals surface area contributed by atoms with Crippen LogP contribution in [0.5, 0.6) is 0 Å². The van der Waals surface area contributed by atoms with Gasteiger partial charge in [0, 0.05) is 6.04 Å². The number of piperazine rings is 1. The molecule has 0 saturated carbocycles. The van der Waals surface area contributed by atoms with Gasteiger partial charge in [-0.25, -0.2) is 0 Å². The van der Waals surface area contributed by atoms with Gasteiger partial charge in [0.05, 0.1) is 0 Å². The highest BCUT2D eigenvalue weighted by molar-refractivity contribution is 6.00. The minimum absolute atomic E-state index is 0.0260. The molecule has 0 aromatic carbocycles. The van der Waals surface area contributed by atoms with Gasteiger partial charge < -0.3 is 10.2 Å². The molecule has 20 heavy (non-hydrogen) atoms. The van der Waals surface area contributed by atoms with Crippen LogP contribution in [0.15, 0.2) is 0 Å². The van der Waals surface area contributed by atoms with Crippen LogP contribution in [0.2, 0.25) is 0 Å². The Hall–Kier alpha value is -1.06. The van der Waals surface area contributed by atoms with Gasteiger partial charge in [0.25, 0.3) is 0 Å². The van der Waals surface area contributed by atoms with Gasteiger partial charge in [0.1, 0.15) is 11.6 Å². The fraction of sp³-hybridized carbons (Fsp3) is 0.875. The molecule has 4 heteroatoms. The quantitative estimate of drug-likeness (QED) is 0.780. The minimum atomic E-state index is -0.691. The second-order valence-corrected chi connectivity index (χ2v) is 5.93. The Kier molecular flexibility index (Phi) is 6.03. The van der Waals surface area contributed by atoms with E-state index in [2.05, 4.69) is 26.1 Å². The maximum atomic E-state index is 13.0. The van der Waals surface area contributed by atoms with Crippen LogP contribution < -0.4 is 5.32 Å².